The van der Waals surface area contributed by atoms with E-state index in [4.69, 9.17) is 0 Å². The minimum atomic E-state index is 0.517. The summed E-state index contributed by atoms with van der Waals surface area (Å²) in [5.41, 5.74) is 2.47. The van der Waals surface area contributed by atoms with Crippen molar-refractivity contribution in [2.75, 3.05) is 20.1 Å². The molecule has 0 aliphatic carbocycles. The molecule has 1 fully saturated rings. The lowest BCUT2D eigenvalue weighted by Gasteiger charge is -2.23. The van der Waals surface area contributed by atoms with Gasteiger partial charge < -0.3 is 5.32 Å². The molecule has 90 valence electrons. The third-order valence-electron chi connectivity index (χ3n) is 3.19. The van der Waals surface area contributed by atoms with Gasteiger partial charge in [-0.1, -0.05) is 24.8 Å². The van der Waals surface area contributed by atoms with Gasteiger partial charge in [0.2, 0.25) is 0 Å². The molecule has 1 atom stereocenters. The summed E-state index contributed by atoms with van der Waals surface area (Å²) in [6, 6.07) is 0.517. The number of hydrogen-bond donors (Lipinski definition) is 1. The van der Waals surface area contributed by atoms with E-state index in [9.17, 15) is 0 Å². The Morgan fingerprint density at radius 2 is 2.25 bits per heavy atom. The standard InChI is InChI=1S/C14H24N2/c1-5-8-13(6-2)11-15-12(3)14-9-7-10-16(14)4/h5-6,8,14-15H,3,7,9-11H2,1-2,4H3/b8-5-,13-6+. The smallest absolute Gasteiger partial charge is 0.0486 e. The van der Waals surface area contributed by atoms with Crippen molar-refractivity contribution in [2.24, 2.45) is 0 Å². The first-order valence-electron chi connectivity index (χ1n) is 6.09. The number of hydrogen-bond acceptors (Lipinski definition) is 2. The van der Waals surface area contributed by atoms with Crippen LogP contribution in [0, 0.1) is 0 Å². The van der Waals surface area contributed by atoms with E-state index in [1.54, 1.807) is 0 Å². The predicted molar refractivity (Wildman–Crippen MR) is 71.4 cm³/mol. The Labute approximate surface area is 99.7 Å². The zero-order valence-electron chi connectivity index (χ0n) is 10.8. The van der Waals surface area contributed by atoms with Gasteiger partial charge in [0.05, 0.1) is 0 Å². The summed E-state index contributed by atoms with van der Waals surface area (Å²) in [6.45, 7) is 10.3. The Morgan fingerprint density at radius 1 is 1.50 bits per heavy atom. The van der Waals surface area contributed by atoms with Crippen LogP contribution in [0.25, 0.3) is 0 Å². The maximum absolute atomic E-state index is 4.15. The highest BCUT2D eigenvalue weighted by Crippen LogP contribution is 2.19. The predicted octanol–water partition coefficient (Wildman–Crippen LogP) is 2.71. The molecule has 1 saturated heterocycles. The quantitative estimate of drug-likeness (QED) is 0.717. The largest absolute Gasteiger partial charge is 0.383 e. The van der Waals surface area contributed by atoms with Crippen molar-refractivity contribution in [3.05, 3.63) is 36.1 Å². The van der Waals surface area contributed by atoms with Gasteiger partial charge in [0.1, 0.15) is 0 Å². The molecule has 1 unspecified atom stereocenters. The van der Waals surface area contributed by atoms with Gasteiger partial charge in [0.15, 0.2) is 0 Å². The van der Waals surface area contributed by atoms with Crippen molar-refractivity contribution in [3.8, 4) is 0 Å². The molecule has 1 heterocycles. The molecule has 16 heavy (non-hydrogen) atoms. The van der Waals surface area contributed by atoms with Crippen molar-refractivity contribution >= 4 is 0 Å². The lowest BCUT2D eigenvalue weighted by Crippen LogP contribution is -2.33. The van der Waals surface area contributed by atoms with Crippen LogP contribution in [0.1, 0.15) is 26.7 Å². The normalized spacial score (nSPS) is 22.9. The summed E-state index contributed by atoms with van der Waals surface area (Å²) in [5, 5.41) is 3.44. The molecule has 1 rings (SSSR count). The summed E-state index contributed by atoms with van der Waals surface area (Å²) in [5.74, 6) is 0. The molecule has 0 aromatic rings. The summed E-state index contributed by atoms with van der Waals surface area (Å²) in [7, 11) is 2.17. The van der Waals surface area contributed by atoms with Gasteiger partial charge in [-0.15, -0.1) is 0 Å². The highest BCUT2D eigenvalue weighted by molar-refractivity contribution is 5.21. The molecule has 1 aliphatic heterocycles. The second-order valence-corrected chi connectivity index (χ2v) is 4.38. The van der Waals surface area contributed by atoms with Crippen LogP contribution < -0.4 is 5.32 Å². The van der Waals surface area contributed by atoms with Crippen LogP contribution in [0.3, 0.4) is 0 Å². The summed E-state index contributed by atoms with van der Waals surface area (Å²) >= 11 is 0. The van der Waals surface area contributed by atoms with Gasteiger partial charge in [-0.05, 0) is 45.9 Å². The lowest BCUT2D eigenvalue weighted by atomic mass is 10.1. The number of nitrogens with one attached hydrogen (secondary N) is 1. The SMILES string of the molecule is C=C(NCC(/C=C\C)=C/C)C1CCCN1C. The number of nitrogens with zero attached hydrogens (tertiary/aromatic N) is 1. The third kappa shape index (κ3) is 3.53. The van der Waals surface area contributed by atoms with Crippen molar-refractivity contribution in [1.29, 1.82) is 0 Å². The third-order valence-corrected chi connectivity index (χ3v) is 3.19. The molecular formula is C14H24N2. The molecule has 1 N–H and O–H groups in total. The maximum Gasteiger partial charge on any atom is 0.0486 e. The Morgan fingerprint density at radius 3 is 2.75 bits per heavy atom. The monoisotopic (exact) mass is 220 g/mol. The van der Waals surface area contributed by atoms with E-state index in [0.717, 1.165) is 12.2 Å². The van der Waals surface area contributed by atoms with E-state index >= 15 is 0 Å². The van der Waals surface area contributed by atoms with E-state index in [-0.39, 0.29) is 0 Å². The number of likely N-dealkylation sites (N-methyl/N-ethyl adjacent to an activating group) is 1. The number of rotatable bonds is 5. The number of likely N-dealkylation sites (tertiary alicyclic amines) is 1. The van der Waals surface area contributed by atoms with Crippen LogP contribution >= 0.6 is 0 Å². The van der Waals surface area contributed by atoms with Gasteiger partial charge in [-0.2, -0.15) is 0 Å². The zero-order valence-corrected chi connectivity index (χ0v) is 10.8. The van der Waals surface area contributed by atoms with Gasteiger partial charge in [0, 0.05) is 18.3 Å². The summed E-state index contributed by atoms with van der Waals surface area (Å²) in [4.78, 5) is 2.38. The molecule has 2 heteroatoms. The van der Waals surface area contributed by atoms with Gasteiger partial charge in [-0.3, -0.25) is 4.90 Å². The fourth-order valence-electron chi connectivity index (χ4n) is 2.16. The molecule has 1 aliphatic rings. The Hall–Kier alpha value is -1.02. The van der Waals surface area contributed by atoms with Crippen molar-refractivity contribution in [1.82, 2.24) is 10.2 Å². The van der Waals surface area contributed by atoms with Crippen LogP contribution in [0.15, 0.2) is 36.1 Å². The minimum Gasteiger partial charge on any atom is -0.383 e. The van der Waals surface area contributed by atoms with Crippen LogP contribution in [0.4, 0.5) is 0 Å². The average Bonchev–Trinajstić information content (AvgIpc) is 2.70. The van der Waals surface area contributed by atoms with Crippen molar-refractivity contribution < 1.29 is 0 Å². The number of allylic oxidation sites excluding steroid dienone is 2. The van der Waals surface area contributed by atoms with E-state index in [1.165, 1.54) is 25.0 Å². The van der Waals surface area contributed by atoms with Crippen molar-refractivity contribution in [2.45, 2.75) is 32.7 Å². The highest BCUT2D eigenvalue weighted by Gasteiger charge is 2.22. The van der Waals surface area contributed by atoms with Crippen LogP contribution in [0.5, 0.6) is 0 Å². The average molecular weight is 220 g/mol. The molecule has 0 saturated carbocycles. The van der Waals surface area contributed by atoms with Crippen LogP contribution in [0.2, 0.25) is 0 Å². The minimum absolute atomic E-state index is 0.517. The Bertz CT molecular complexity index is 289. The van der Waals surface area contributed by atoms with Crippen LogP contribution in [-0.2, 0) is 0 Å². The zero-order chi connectivity index (χ0) is 12.0. The molecule has 0 bridgehead atoms. The molecule has 0 aromatic heterocycles. The fourth-order valence-corrected chi connectivity index (χ4v) is 2.16. The second-order valence-electron chi connectivity index (χ2n) is 4.38. The topological polar surface area (TPSA) is 15.3 Å². The van der Waals surface area contributed by atoms with Gasteiger partial charge in [-0.25, -0.2) is 0 Å². The van der Waals surface area contributed by atoms with Crippen LogP contribution in [-0.4, -0.2) is 31.1 Å². The highest BCUT2D eigenvalue weighted by atomic mass is 15.2. The first-order chi connectivity index (χ1) is 7.69. The first-order valence-corrected chi connectivity index (χ1v) is 6.09. The molecule has 0 amide bonds. The Balaban J connectivity index is 2.40. The van der Waals surface area contributed by atoms with E-state index < -0.39 is 0 Å². The van der Waals surface area contributed by atoms with Crippen molar-refractivity contribution in [3.63, 3.8) is 0 Å². The lowest BCUT2D eigenvalue weighted by molar-refractivity contribution is 0.335. The van der Waals surface area contributed by atoms with E-state index in [0.29, 0.717) is 6.04 Å². The van der Waals surface area contributed by atoms with Gasteiger partial charge >= 0.3 is 0 Å². The first kappa shape index (κ1) is 13.0. The van der Waals surface area contributed by atoms with E-state index in [1.807, 2.05) is 6.92 Å². The summed E-state index contributed by atoms with van der Waals surface area (Å²) < 4.78 is 0. The summed E-state index contributed by atoms with van der Waals surface area (Å²) in [6.07, 6.45) is 8.86. The molecule has 2 nitrogen and oxygen atoms in total. The molecule has 0 aromatic carbocycles. The van der Waals surface area contributed by atoms with Gasteiger partial charge in [0.25, 0.3) is 0 Å². The molecular weight excluding hydrogens is 196 g/mol. The molecule has 0 spiro atoms. The second kappa shape index (κ2) is 6.54. The molecule has 0 radical (unpaired) electrons. The Kier molecular flexibility index (Phi) is 5.33. The van der Waals surface area contributed by atoms with E-state index in [2.05, 4.69) is 49.0 Å². The fraction of sp³-hybridized carbons (Fsp3) is 0.571. The maximum atomic E-state index is 4.15.